The molecule has 0 radical (unpaired) electrons. The van der Waals surface area contributed by atoms with E-state index in [2.05, 4.69) is 42.3 Å². The van der Waals surface area contributed by atoms with Gasteiger partial charge in [0.2, 0.25) is 0 Å². The maximum absolute atomic E-state index is 12.0. The smallest absolute Gasteiger partial charge is 0.410 e. The van der Waals surface area contributed by atoms with E-state index in [1.54, 1.807) is 0 Å². The van der Waals surface area contributed by atoms with E-state index in [1.165, 1.54) is 25.2 Å². The Hall–Kier alpha value is -1.94. The second-order valence-corrected chi connectivity index (χ2v) is 6.66. The van der Waals surface area contributed by atoms with Gasteiger partial charge < -0.3 is 15.3 Å². The molecule has 118 valence electrons. The van der Waals surface area contributed by atoms with Gasteiger partial charge >= 0.3 is 6.09 Å². The highest BCUT2D eigenvalue weighted by atomic mass is 79.9. The second-order valence-electron chi connectivity index (χ2n) is 3.70. The van der Waals surface area contributed by atoms with E-state index in [0.29, 0.717) is 6.29 Å². The lowest BCUT2D eigenvalue weighted by atomic mass is 10.1. The lowest BCUT2D eigenvalue weighted by molar-refractivity contribution is 0.0954. The molecule has 0 atom stereocenters. The van der Waals surface area contributed by atoms with Crippen LogP contribution < -0.4 is 10.1 Å². The van der Waals surface area contributed by atoms with Crippen LogP contribution in [0.2, 0.25) is 0 Å². The van der Waals surface area contributed by atoms with E-state index in [0.717, 1.165) is 11.2 Å². The van der Waals surface area contributed by atoms with Crippen LogP contribution in [0.1, 0.15) is 20.7 Å². The molecule has 22 heavy (non-hydrogen) atoms. The Kier molecular flexibility index (Phi) is 6.99. The third kappa shape index (κ3) is 4.28. The first-order valence-corrected chi connectivity index (χ1v) is 7.55. The summed E-state index contributed by atoms with van der Waals surface area (Å²) in [6.45, 7) is 0. The summed E-state index contributed by atoms with van der Waals surface area (Å²) in [4.78, 5) is 35.8. The number of ether oxygens (including phenoxy) is 1. The first-order chi connectivity index (χ1) is 10.5. The molecule has 0 saturated heterocycles. The summed E-state index contributed by atoms with van der Waals surface area (Å²) in [6.07, 6.45) is 0.344. The van der Waals surface area contributed by atoms with Gasteiger partial charge in [-0.25, -0.2) is 9.69 Å². The minimum absolute atomic E-state index is 0.0706. The Bertz CT molecular complexity index is 606. The molecule has 1 aromatic rings. The van der Waals surface area contributed by atoms with Gasteiger partial charge in [-0.2, -0.15) is 0 Å². The molecule has 8 nitrogen and oxygen atoms in total. The summed E-state index contributed by atoms with van der Waals surface area (Å²) >= 11 is 6.10. The quantitative estimate of drug-likeness (QED) is 0.140. The number of halogens is 2. The Morgan fingerprint density at radius 1 is 1.45 bits per heavy atom. The summed E-state index contributed by atoms with van der Waals surface area (Å²) in [5.41, 5.74) is -0.00353. The summed E-state index contributed by atoms with van der Waals surface area (Å²) in [6, 6.07) is 4.24. The van der Waals surface area contributed by atoms with Gasteiger partial charge in [-0.15, -0.1) is 0 Å². The molecule has 1 aromatic carbocycles. The molecule has 2 N–H and O–H groups in total. The topological polar surface area (TPSA) is 108 Å². The zero-order valence-corrected chi connectivity index (χ0v) is 14.4. The largest absolute Gasteiger partial charge is 0.422 e. The van der Waals surface area contributed by atoms with Crippen LogP contribution in [0.25, 0.3) is 0 Å². The molecule has 0 aliphatic rings. The molecule has 0 aromatic heterocycles. The fraction of sp³-hybridized carbons (Fsp3) is 0.167. The highest BCUT2D eigenvalue weighted by Gasteiger charge is 2.24. The van der Waals surface area contributed by atoms with Crippen molar-refractivity contribution in [2.24, 2.45) is 5.16 Å². The number of hydrogen-bond acceptors (Lipinski definition) is 6. The van der Waals surface area contributed by atoms with E-state index in [4.69, 9.17) is 9.94 Å². The van der Waals surface area contributed by atoms with E-state index in [1.807, 2.05) is 0 Å². The van der Waals surface area contributed by atoms with Crippen molar-refractivity contribution in [1.82, 2.24) is 10.2 Å². The number of aldehydes is 1. The Labute approximate surface area is 142 Å². The first kappa shape index (κ1) is 18.1. The van der Waals surface area contributed by atoms with Crippen molar-refractivity contribution in [1.29, 1.82) is 0 Å². The molecule has 0 bridgehead atoms. The predicted octanol–water partition coefficient (Wildman–Crippen LogP) is 2.15. The molecule has 0 spiro atoms. The lowest BCUT2D eigenvalue weighted by Crippen LogP contribution is -2.35. The molecule has 10 heteroatoms. The van der Waals surface area contributed by atoms with Gasteiger partial charge in [-0.05, 0) is 6.07 Å². The van der Waals surface area contributed by atoms with Gasteiger partial charge in [-0.1, -0.05) is 49.1 Å². The van der Waals surface area contributed by atoms with Crippen molar-refractivity contribution in [3.63, 3.8) is 0 Å². The lowest BCUT2D eigenvalue weighted by Gasteiger charge is -2.19. The van der Waals surface area contributed by atoms with Crippen molar-refractivity contribution in [2.45, 2.75) is 3.86 Å². The maximum Gasteiger partial charge on any atom is 0.422 e. The predicted molar refractivity (Wildman–Crippen MR) is 85.0 cm³/mol. The molecule has 0 fully saturated rings. The van der Waals surface area contributed by atoms with Gasteiger partial charge in [-0.3, -0.25) is 9.59 Å². The summed E-state index contributed by atoms with van der Waals surface area (Å²) in [7, 11) is 1.38. The highest BCUT2D eigenvalue weighted by molar-refractivity contribution is 9.24. The van der Waals surface area contributed by atoms with E-state index in [-0.39, 0.29) is 16.9 Å². The summed E-state index contributed by atoms with van der Waals surface area (Å²) in [5, 5.41) is 13.6. The number of rotatable bonds is 5. The van der Waals surface area contributed by atoms with Crippen LogP contribution in [0.3, 0.4) is 0 Å². The van der Waals surface area contributed by atoms with Crippen molar-refractivity contribution in [3.8, 4) is 5.75 Å². The zero-order chi connectivity index (χ0) is 16.7. The first-order valence-electron chi connectivity index (χ1n) is 5.72. The molecule has 1 rings (SSSR count). The van der Waals surface area contributed by atoms with Gasteiger partial charge in [0.25, 0.3) is 5.91 Å². The normalized spacial score (nSPS) is 10.5. The van der Waals surface area contributed by atoms with E-state index in [9.17, 15) is 14.4 Å². The molecular formula is C12H11Br2N3O5. The van der Waals surface area contributed by atoms with Crippen LogP contribution in [0, 0.1) is 0 Å². The molecule has 0 aliphatic carbocycles. The number of alkyl halides is 2. The maximum atomic E-state index is 12.0. The summed E-state index contributed by atoms with van der Waals surface area (Å²) < 4.78 is 4.38. The number of oxime groups is 1. The Morgan fingerprint density at radius 3 is 2.64 bits per heavy atom. The molecular weight excluding hydrogens is 426 g/mol. The minimum atomic E-state index is -0.940. The van der Waals surface area contributed by atoms with E-state index < -0.39 is 15.9 Å². The van der Waals surface area contributed by atoms with Crippen molar-refractivity contribution in [2.75, 3.05) is 7.05 Å². The standard InChI is InChI=1S/C12H11Br2N3O5/c1-15-10(19)9-7(5-18)3-2-4-8(9)22-12(20)17(6-16-21)11(13)14/h2-6,11,21H,1H3,(H,15,19)/b16-6+. The van der Waals surface area contributed by atoms with Crippen LogP contribution in [0.15, 0.2) is 23.4 Å². The molecule has 0 aliphatic heterocycles. The minimum Gasteiger partial charge on any atom is -0.410 e. The second kappa shape index (κ2) is 8.49. The van der Waals surface area contributed by atoms with Gasteiger partial charge in [0.05, 0.1) is 5.56 Å². The van der Waals surface area contributed by atoms with Gasteiger partial charge in [0.1, 0.15) is 12.1 Å². The van der Waals surface area contributed by atoms with Crippen LogP contribution in [0.5, 0.6) is 5.75 Å². The number of nitrogens with zero attached hydrogens (tertiary/aromatic N) is 2. The fourth-order valence-electron chi connectivity index (χ4n) is 1.48. The molecule has 0 saturated carbocycles. The third-order valence-electron chi connectivity index (χ3n) is 2.43. The van der Waals surface area contributed by atoms with Gasteiger partial charge in [0, 0.05) is 12.6 Å². The fourth-order valence-corrected chi connectivity index (χ4v) is 2.02. The third-order valence-corrected chi connectivity index (χ3v) is 3.32. The number of carbonyl (C=O) groups excluding carboxylic acids is 3. The Morgan fingerprint density at radius 2 is 2.14 bits per heavy atom. The molecule has 0 unspecified atom stereocenters. The number of amides is 2. The van der Waals surface area contributed by atoms with Crippen LogP contribution >= 0.6 is 31.9 Å². The molecule has 2 amide bonds. The van der Waals surface area contributed by atoms with Crippen molar-refractivity contribution in [3.05, 3.63) is 29.3 Å². The number of benzene rings is 1. The van der Waals surface area contributed by atoms with Crippen molar-refractivity contribution < 1.29 is 24.3 Å². The SMILES string of the molecule is CNC(=O)c1c(C=O)cccc1OC(=O)N(/C=N/O)C(Br)Br. The van der Waals surface area contributed by atoms with Crippen LogP contribution in [-0.2, 0) is 0 Å². The van der Waals surface area contributed by atoms with Crippen LogP contribution in [0.4, 0.5) is 4.79 Å². The van der Waals surface area contributed by atoms with Gasteiger partial charge in [0.15, 0.2) is 10.1 Å². The van der Waals surface area contributed by atoms with E-state index >= 15 is 0 Å². The average molecular weight is 437 g/mol. The molecule has 0 heterocycles. The summed E-state index contributed by atoms with van der Waals surface area (Å²) in [5.74, 6) is -0.687. The number of nitrogens with one attached hydrogen (secondary N) is 1. The van der Waals surface area contributed by atoms with Crippen LogP contribution in [-0.4, -0.2) is 45.6 Å². The number of hydrogen-bond donors (Lipinski definition) is 2. The number of carbonyl (C=O) groups is 3. The highest BCUT2D eigenvalue weighted by Crippen LogP contribution is 2.23. The van der Waals surface area contributed by atoms with Crippen molar-refractivity contribution >= 4 is 56.5 Å². The average Bonchev–Trinajstić information content (AvgIpc) is 2.50. The Balaban J connectivity index is 3.19. The zero-order valence-electron chi connectivity index (χ0n) is 11.2. The monoisotopic (exact) mass is 435 g/mol.